The van der Waals surface area contributed by atoms with Gasteiger partial charge < -0.3 is 9.30 Å². The number of amides is 1. The van der Waals surface area contributed by atoms with Crippen LogP contribution in [0.4, 0.5) is 5.69 Å². The molecule has 1 aromatic carbocycles. The van der Waals surface area contributed by atoms with Gasteiger partial charge in [0, 0.05) is 30.2 Å². The molecule has 0 fully saturated rings. The topological polar surface area (TPSA) is 37.6 Å². The Kier molecular flexibility index (Phi) is 3.21. The Hall–Kier alpha value is -2.92. The van der Waals surface area contributed by atoms with Crippen LogP contribution in [0.5, 0.6) is 0 Å². The molecule has 3 aromatic heterocycles. The lowest BCUT2D eigenvalue weighted by Crippen LogP contribution is -2.28. The highest BCUT2D eigenvalue weighted by atomic mass is 32.1. The monoisotopic (exact) mass is 345 g/mol. The van der Waals surface area contributed by atoms with Crippen molar-refractivity contribution in [1.29, 1.82) is 0 Å². The van der Waals surface area contributed by atoms with Crippen molar-refractivity contribution in [3.8, 4) is 11.3 Å². The first-order valence-corrected chi connectivity index (χ1v) is 9.10. The average molecular weight is 345 g/mol. The SMILES string of the molecule is O=C(c1cccs1)N1CCc2cc(-c3cn4ccccc4n3)ccc21. The molecule has 5 rings (SSSR count). The van der Waals surface area contributed by atoms with E-state index in [4.69, 9.17) is 0 Å². The Balaban J connectivity index is 1.51. The molecular formula is C20H15N3OS. The number of imidazole rings is 1. The van der Waals surface area contributed by atoms with E-state index in [0.717, 1.165) is 40.4 Å². The van der Waals surface area contributed by atoms with Gasteiger partial charge in [-0.15, -0.1) is 11.3 Å². The second-order valence-corrected chi connectivity index (χ2v) is 7.07. The van der Waals surface area contributed by atoms with E-state index in [1.807, 2.05) is 63.5 Å². The van der Waals surface area contributed by atoms with Crippen LogP contribution in [0.3, 0.4) is 0 Å². The summed E-state index contributed by atoms with van der Waals surface area (Å²) in [6.07, 6.45) is 4.93. The highest BCUT2D eigenvalue weighted by Gasteiger charge is 2.26. The van der Waals surface area contributed by atoms with Crippen LogP contribution in [0.1, 0.15) is 15.2 Å². The van der Waals surface area contributed by atoms with Gasteiger partial charge in [0.05, 0.1) is 10.6 Å². The fourth-order valence-electron chi connectivity index (χ4n) is 3.38. The standard InChI is InChI=1S/C20H15N3OS/c24-20(18-4-3-11-25-18)23-10-8-15-12-14(6-7-17(15)23)16-13-22-9-2-1-5-19(22)21-16/h1-7,9,11-13H,8,10H2. The summed E-state index contributed by atoms with van der Waals surface area (Å²) >= 11 is 1.49. The number of fused-ring (bicyclic) bond motifs is 2. The van der Waals surface area contributed by atoms with Crippen LogP contribution in [0.2, 0.25) is 0 Å². The van der Waals surface area contributed by atoms with Crippen LogP contribution in [0.25, 0.3) is 16.9 Å². The first kappa shape index (κ1) is 14.4. The van der Waals surface area contributed by atoms with Crippen molar-refractivity contribution in [2.45, 2.75) is 6.42 Å². The Labute approximate surface area is 149 Å². The van der Waals surface area contributed by atoms with Crippen LogP contribution >= 0.6 is 11.3 Å². The van der Waals surface area contributed by atoms with Crippen molar-refractivity contribution in [3.05, 3.63) is 76.7 Å². The van der Waals surface area contributed by atoms with E-state index in [-0.39, 0.29) is 5.91 Å². The number of carbonyl (C=O) groups is 1. The molecule has 1 aliphatic rings. The molecule has 25 heavy (non-hydrogen) atoms. The normalized spacial score (nSPS) is 13.4. The summed E-state index contributed by atoms with van der Waals surface area (Å²) in [5, 5.41) is 1.94. The fraction of sp³-hybridized carbons (Fsp3) is 0.100. The lowest BCUT2D eigenvalue weighted by Gasteiger charge is -2.16. The molecule has 4 heterocycles. The smallest absolute Gasteiger partial charge is 0.268 e. The van der Waals surface area contributed by atoms with Crippen LogP contribution in [-0.2, 0) is 6.42 Å². The predicted octanol–water partition coefficient (Wildman–Crippen LogP) is 4.27. The molecule has 5 heteroatoms. The molecule has 0 N–H and O–H groups in total. The van der Waals surface area contributed by atoms with E-state index in [2.05, 4.69) is 17.1 Å². The molecule has 1 amide bonds. The number of anilines is 1. The van der Waals surface area contributed by atoms with Crippen molar-refractivity contribution in [1.82, 2.24) is 9.38 Å². The minimum absolute atomic E-state index is 0.0919. The fourth-order valence-corrected chi connectivity index (χ4v) is 4.05. The number of hydrogen-bond acceptors (Lipinski definition) is 3. The molecular weight excluding hydrogens is 330 g/mol. The summed E-state index contributed by atoms with van der Waals surface area (Å²) in [5.74, 6) is 0.0919. The summed E-state index contributed by atoms with van der Waals surface area (Å²) < 4.78 is 2.02. The van der Waals surface area contributed by atoms with Gasteiger partial charge in [0.15, 0.2) is 0 Å². The third kappa shape index (κ3) is 2.36. The summed E-state index contributed by atoms with van der Waals surface area (Å²) in [5.41, 5.74) is 5.21. The molecule has 0 unspecified atom stereocenters. The average Bonchev–Trinajstić information content (AvgIpc) is 3.38. The van der Waals surface area contributed by atoms with Gasteiger partial charge in [-0.25, -0.2) is 4.98 Å². The lowest BCUT2D eigenvalue weighted by molar-refractivity contribution is 0.0993. The molecule has 1 aliphatic heterocycles. The molecule has 0 saturated heterocycles. The number of nitrogens with zero attached hydrogens (tertiary/aromatic N) is 3. The zero-order chi connectivity index (χ0) is 16.8. The molecule has 0 saturated carbocycles. The number of thiophene rings is 1. The Morgan fingerprint density at radius 2 is 2.08 bits per heavy atom. The molecule has 0 atom stereocenters. The molecule has 0 aliphatic carbocycles. The Morgan fingerprint density at radius 1 is 1.12 bits per heavy atom. The van der Waals surface area contributed by atoms with Gasteiger partial charge in [-0.2, -0.15) is 0 Å². The molecule has 0 radical (unpaired) electrons. The summed E-state index contributed by atoms with van der Waals surface area (Å²) in [7, 11) is 0. The maximum absolute atomic E-state index is 12.7. The van der Waals surface area contributed by atoms with E-state index < -0.39 is 0 Å². The maximum Gasteiger partial charge on any atom is 0.268 e. The van der Waals surface area contributed by atoms with Gasteiger partial charge in [-0.1, -0.05) is 18.2 Å². The quantitative estimate of drug-likeness (QED) is 0.544. The van der Waals surface area contributed by atoms with Gasteiger partial charge in [-0.05, 0) is 47.7 Å². The van der Waals surface area contributed by atoms with Gasteiger partial charge in [0.2, 0.25) is 0 Å². The number of hydrogen-bond donors (Lipinski definition) is 0. The van der Waals surface area contributed by atoms with Gasteiger partial charge in [0.1, 0.15) is 5.65 Å². The number of pyridine rings is 1. The lowest BCUT2D eigenvalue weighted by atomic mass is 10.1. The van der Waals surface area contributed by atoms with E-state index in [0.29, 0.717) is 0 Å². The summed E-state index contributed by atoms with van der Waals surface area (Å²) in [6, 6.07) is 16.1. The Morgan fingerprint density at radius 3 is 2.92 bits per heavy atom. The van der Waals surface area contributed by atoms with Crippen LogP contribution in [0, 0.1) is 0 Å². The number of rotatable bonds is 2. The minimum atomic E-state index is 0.0919. The second-order valence-electron chi connectivity index (χ2n) is 6.12. The van der Waals surface area contributed by atoms with E-state index in [1.54, 1.807) is 0 Å². The van der Waals surface area contributed by atoms with Gasteiger partial charge in [0.25, 0.3) is 5.91 Å². The minimum Gasteiger partial charge on any atom is -0.307 e. The van der Waals surface area contributed by atoms with Crippen LogP contribution in [0.15, 0.2) is 66.3 Å². The number of aromatic nitrogens is 2. The Bertz CT molecular complexity index is 1050. The third-order valence-corrected chi connectivity index (χ3v) is 5.47. The largest absolute Gasteiger partial charge is 0.307 e. The van der Waals surface area contributed by atoms with Gasteiger partial charge >= 0.3 is 0 Å². The van der Waals surface area contributed by atoms with Crippen LogP contribution in [-0.4, -0.2) is 21.8 Å². The van der Waals surface area contributed by atoms with Crippen molar-refractivity contribution in [2.75, 3.05) is 11.4 Å². The highest BCUT2D eigenvalue weighted by molar-refractivity contribution is 7.12. The number of carbonyl (C=O) groups excluding carboxylic acids is 1. The zero-order valence-corrected chi connectivity index (χ0v) is 14.2. The van der Waals surface area contributed by atoms with Crippen molar-refractivity contribution < 1.29 is 4.79 Å². The molecule has 0 spiro atoms. The van der Waals surface area contributed by atoms with E-state index in [9.17, 15) is 4.79 Å². The first-order chi connectivity index (χ1) is 12.3. The number of benzene rings is 1. The molecule has 4 aromatic rings. The van der Waals surface area contributed by atoms with Gasteiger partial charge in [-0.3, -0.25) is 4.79 Å². The third-order valence-electron chi connectivity index (χ3n) is 4.61. The van der Waals surface area contributed by atoms with Crippen molar-refractivity contribution in [2.24, 2.45) is 0 Å². The first-order valence-electron chi connectivity index (χ1n) is 8.22. The zero-order valence-electron chi connectivity index (χ0n) is 13.4. The maximum atomic E-state index is 12.7. The van der Waals surface area contributed by atoms with Crippen molar-refractivity contribution >= 4 is 28.6 Å². The molecule has 0 bridgehead atoms. The second kappa shape index (κ2) is 5.57. The van der Waals surface area contributed by atoms with E-state index >= 15 is 0 Å². The van der Waals surface area contributed by atoms with Crippen molar-refractivity contribution in [3.63, 3.8) is 0 Å². The van der Waals surface area contributed by atoms with Crippen LogP contribution < -0.4 is 4.90 Å². The molecule has 122 valence electrons. The highest BCUT2D eigenvalue weighted by Crippen LogP contribution is 2.33. The molecule has 4 nitrogen and oxygen atoms in total. The summed E-state index contributed by atoms with van der Waals surface area (Å²) in [4.78, 5) is 20.0. The summed E-state index contributed by atoms with van der Waals surface area (Å²) in [6.45, 7) is 0.737. The van der Waals surface area contributed by atoms with E-state index in [1.165, 1.54) is 16.9 Å². The predicted molar refractivity (Wildman–Crippen MR) is 100 cm³/mol.